The van der Waals surface area contributed by atoms with Gasteiger partial charge in [0.15, 0.2) is 0 Å². The van der Waals surface area contributed by atoms with Crippen LogP contribution in [-0.4, -0.2) is 30.9 Å². The smallest absolute Gasteiger partial charge is 0.307 e. The van der Waals surface area contributed by atoms with E-state index in [9.17, 15) is 4.79 Å². The van der Waals surface area contributed by atoms with E-state index in [1.165, 1.54) is 0 Å². The van der Waals surface area contributed by atoms with Crippen LogP contribution in [0.25, 0.3) is 0 Å². The Bertz CT molecular complexity index is 393. The van der Waals surface area contributed by atoms with Gasteiger partial charge in [-0.1, -0.05) is 12.1 Å². The third-order valence-corrected chi connectivity index (χ3v) is 3.41. The second-order valence-electron chi connectivity index (χ2n) is 4.91. The van der Waals surface area contributed by atoms with E-state index in [4.69, 9.17) is 14.6 Å². The van der Waals surface area contributed by atoms with Crippen LogP contribution in [0.2, 0.25) is 0 Å². The Hall–Kier alpha value is -1.55. The lowest BCUT2D eigenvalue weighted by Crippen LogP contribution is -2.17. The van der Waals surface area contributed by atoms with Gasteiger partial charge < -0.3 is 14.6 Å². The summed E-state index contributed by atoms with van der Waals surface area (Å²) in [6, 6.07) is 7.28. The Balaban J connectivity index is 1.71. The zero-order valence-corrected chi connectivity index (χ0v) is 11.0. The first-order valence-corrected chi connectivity index (χ1v) is 6.75. The fourth-order valence-electron chi connectivity index (χ4n) is 2.26. The van der Waals surface area contributed by atoms with E-state index in [1.807, 2.05) is 12.1 Å². The molecular weight excluding hydrogens is 244 g/mol. The summed E-state index contributed by atoms with van der Waals surface area (Å²) in [6.07, 6.45) is 3.37. The predicted octanol–water partition coefficient (Wildman–Crippen LogP) is 2.51. The quantitative estimate of drug-likeness (QED) is 0.857. The molecule has 1 aromatic rings. The van der Waals surface area contributed by atoms with Crippen molar-refractivity contribution in [3.8, 4) is 5.75 Å². The molecule has 19 heavy (non-hydrogen) atoms. The lowest BCUT2D eigenvalue weighted by molar-refractivity contribution is -0.136. The molecule has 0 saturated carbocycles. The minimum Gasteiger partial charge on any atom is -0.494 e. The highest BCUT2D eigenvalue weighted by atomic mass is 16.5. The largest absolute Gasteiger partial charge is 0.494 e. The van der Waals surface area contributed by atoms with Crippen molar-refractivity contribution in [2.75, 3.05) is 19.8 Å². The second-order valence-corrected chi connectivity index (χ2v) is 4.91. The molecule has 1 aliphatic rings. The van der Waals surface area contributed by atoms with Crippen molar-refractivity contribution in [2.24, 2.45) is 5.92 Å². The van der Waals surface area contributed by atoms with Crippen LogP contribution in [0, 0.1) is 5.92 Å². The standard InChI is InChI=1S/C15H20O4/c16-15(17)11-13-1-3-14(4-2-13)19-10-7-12-5-8-18-9-6-12/h1-4,12H,5-11H2,(H,16,17). The van der Waals surface area contributed by atoms with E-state index in [1.54, 1.807) is 12.1 Å². The molecule has 0 radical (unpaired) electrons. The van der Waals surface area contributed by atoms with Crippen LogP contribution in [0.5, 0.6) is 5.75 Å². The van der Waals surface area contributed by atoms with E-state index < -0.39 is 5.97 Å². The monoisotopic (exact) mass is 264 g/mol. The number of carboxylic acids is 1. The van der Waals surface area contributed by atoms with Crippen LogP contribution in [0.3, 0.4) is 0 Å². The Kier molecular flexibility index (Phi) is 5.21. The number of carbonyl (C=O) groups is 1. The molecule has 4 heteroatoms. The fourth-order valence-corrected chi connectivity index (χ4v) is 2.26. The number of carboxylic acid groups (broad SMARTS) is 1. The predicted molar refractivity (Wildman–Crippen MR) is 71.4 cm³/mol. The topological polar surface area (TPSA) is 55.8 Å². The van der Waals surface area contributed by atoms with E-state index in [-0.39, 0.29) is 6.42 Å². The minimum atomic E-state index is -0.812. The van der Waals surface area contributed by atoms with Crippen molar-refractivity contribution in [2.45, 2.75) is 25.7 Å². The van der Waals surface area contributed by atoms with E-state index in [0.717, 1.165) is 43.8 Å². The van der Waals surface area contributed by atoms with E-state index in [2.05, 4.69) is 0 Å². The second kappa shape index (κ2) is 7.14. The van der Waals surface area contributed by atoms with Gasteiger partial charge in [-0.05, 0) is 42.9 Å². The Morgan fingerprint density at radius 3 is 2.58 bits per heavy atom. The first-order valence-electron chi connectivity index (χ1n) is 6.75. The summed E-state index contributed by atoms with van der Waals surface area (Å²) < 4.78 is 11.0. The summed E-state index contributed by atoms with van der Waals surface area (Å²) in [6.45, 7) is 2.45. The van der Waals surface area contributed by atoms with Crippen molar-refractivity contribution >= 4 is 5.97 Å². The lowest BCUT2D eigenvalue weighted by atomic mass is 9.97. The van der Waals surface area contributed by atoms with Crippen molar-refractivity contribution in [3.05, 3.63) is 29.8 Å². The molecule has 0 spiro atoms. The minimum absolute atomic E-state index is 0.0579. The molecular formula is C15H20O4. The maximum Gasteiger partial charge on any atom is 0.307 e. The van der Waals surface area contributed by atoms with Crippen LogP contribution < -0.4 is 4.74 Å². The first kappa shape index (κ1) is 13.9. The third-order valence-electron chi connectivity index (χ3n) is 3.41. The van der Waals surface area contributed by atoms with Crippen LogP contribution in [0.1, 0.15) is 24.8 Å². The fraction of sp³-hybridized carbons (Fsp3) is 0.533. The molecule has 2 rings (SSSR count). The number of benzene rings is 1. The number of rotatable bonds is 6. The summed E-state index contributed by atoms with van der Waals surface area (Å²) in [5.74, 6) is 0.703. The van der Waals surface area contributed by atoms with Crippen molar-refractivity contribution in [3.63, 3.8) is 0 Å². The van der Waals surface area contributed by atoms with E-state index in [0.29, 0.717) is 12.5 Å². The molecule has 0 atom stereocenters. The lowest BCUT2D eigenvalue weighted by Gasteiger charge is -2.21. The molecule has 0 unspecified atom stereocenters. The number of hydrogen-bond acceptors (Lipinski definition) is 3. The van der Waals surface area contributed by atoms with Crippen LogP contribution in [0.15, 0.2) is 24.3 Å². The Morgan fingerprint density at radius 1 is 1.26 bits per heavy atom. The van der Waals surface area contributed by atoms with Gasteiger partial charge in [0.2, 0.25) is 0 Å². The third kappa shape index (κ3) is 4.91. The molecule has 1 heterocycles. The summed E-state index contributed by atoms with van der Waals surface area (Å²) in [7, 11) is 0. The number of ether oxygens (including phenoxy) is 2. The van der Waals surface area contributed by atoms with Crippen molar-refractivity contribution < 1.29 is 19.4 Å². The van der Waals surface area contributed by atoms with Gasteiger partial charge in [0.05, 0.1) is 13.0 Å². The molecule has 1 aromatic carbocycles. The average molecular weight is 264 g/mol. The number of aliphatic carboxylic acids is 1. The zero-order chi connectivity index (χ0) is 13.5. The highest BCUT2D eigenvalue weighted by molar-refractivity contribution is 5.70. The Labute approximate surface area is 113 Å². The zero-order valence-electron chi connectivity index (χ0n) is 11.0. The SMILES string of the molecule is O=C(O)Cc1ccc(OCCC2CCOCC2)cc1. The maximum atomic E-state index is 10.6. The van der Waals surface area contributed by atoms with Crippen LogP contribution in [-0.2, 0) is 16.0 Å². The summed E-state index contributed by atoms with van der Waals surface area (Å²) >= 11 is 0. The van der Waals surface area contributed by atoms with Gasteiger partial charge >= 0.3 is 5.97 Å². The molecule has 1 N–H and O–H groups in total. The molecule has 0 amide bonds. The molecule has 1 fully saturated rings. The van der Waals surface area contributed by atoms with E-state index >= 15 is 0 Å². The first-order chi connectivity index (χ1) is 9.24. The van der Waals surface area contributed by atoms with Gasteiger partial charge in [0, 0.05) is 13.2 Å². The summed E-state index contributed by atoms with van der Waals surface area (Å²) in [5, 5.41) is 8.68. The van der Waals surface area contributed by atoms with Gasteiger partial charge in [-0.2, -0.15) is 0 Å². The van der Waals surface area contributed by atoms with Gasteiger partial charge in [0.25, 0.3) is 0 Å². The average Bonchev–Trinajstić information content (AvgIpc) is 2.41. The maximum absolute atomic E-state index is 10.6. The van der Waals surface area contributed by atoms with Gasteiger partial charge in [-0.25, -0.2) is 0 Å². The van der Waals surface area contributed by atoms with Gasteiger partial charge in [0.1, 0.15) is 5.75 Å². The highest BCUT2D eigenvalue weighted by Gasteiger charge is 2.13. The molecule has 0 aromatic heterocycles. The van der Waals surface area contributed by atoms with Gasteiger partial charge in [-0.3, -0.25) is 4.79 Å². The van der Waals surface area contributed by atoms with Crippen LogP contribution >= 0.6 is 0 Å². The molecule has 1 aliphatic heterocycles. The molecule has 1 saturated heterocycles. The Morgan fingerprint density at radius 2 is 1.95 bits per heavy atom. The molecule has 4 nitrogen and oxygen atoms in total. The summed E-state index contributed by atoms with van der Waals surface area (Å²) in [4.78, 5) is 10.6. The van der Waals surface area contributed by atoms with Crippen molar-refractivity contribution in [1.82, 2.24) is 0 Å². The number of hydrogen-bond donors (Lipinski definition) is 1. The normalized spacial score (nSPS) is 16.2. The van der Waals surface area contributed by atoms with Gasteiger partial charge in [-0.15, -0.1) is 0 Å². The highest BCUT2D eigenvalue weighted by Crippen LogP contribution is 2.19. The molecule has 0 aliphatic carbocycles. The molecule has 104 valence electrons. The molecule has 0 bridgehead atoms. The van der Waals surface area contributed by atoms with Crippen molar-refractivity contribution in [1.29, 1.82) is 0 Å². The van der Waals surface area contributed by atoms with Crippen LogP contribution in [0.4, 0.5) is 0 Å². The summed E-state index contributed by atoms with van der Waals surface area (Å²) in [5.41, 5.74) is 0.796.